The SMILES string of the molecule is Cc1ccc(-c2ccc(C3C(c4ccccn4)NC(=S)N3Cc3ccccn3)o2)c(Br)c1. The first-order chi connectivity index (χ1) is 15.6. The Labute approximate surface area is 200 Å². The topological polar surface area (TPSA) is 54.2 Å². The average molecular weight is 505 g/mol. The molecule has 1 aliphatic rings. The van der Waals surface area contributed by atoms with Crippen molar-refractivity contribution in [2.24, 2.45) is 0 Å². The quantitative estimate of drug-likeness (QED) is 0.337. The van der Waals surface area contributed by atoms with Gasteiger partial charge in [0.15, 0.2) is 5.11 Å². The minimum atomic E-state index is -0.155. The van der Waals surface area contributed by atoms with Crippen LogP contribution >= 0.6 is 28.1 Å². The van der Waals surface area contributed by atoms with Crippen LogP contribution in [-0.4, -0.2) is 20.0 Å². The van der Waals surface area contributed by atoms with Crippen molar-refractivity contribution in [2.75, 3.05) is 0 Å². The number of aromatic nitrogens is 2. The molecular weight excluding hydrogens is 484 g/mol. The standard InChI is InChI=1S/C25H21BrN4OS/c1-16-8-9-18(19(26)14-16)21-10-11-22(31-21)24-23(20-7-3-5-13-28-20)29-25(32)30(24)15-17-6-2-4-12-27-17/h2-14,23-24H,15H2,1H3,(H,29,32). The number of hydrogen-bond donors (Lipinski definition) is 1. The summed E-state index contributed by atoms with van der Waals surface area (Å²) in [4.78, 5) is 11.2. The maximum absolute atomic E-state index is 6.42. The van der Waals surface area contributed by atoms with Gasteiger partial charge in [-0.05, 0) is 73.2 Å². The minimum Gasteiger partial charge on any atom is -0.459 e. The van der Waals surface area contributed by atoms with Gasteiger partial charge in [-0.2, -0.15) is 0 Å². The van der Waals surface area contributed by atoms with Gasteiger partial charge in [-0.1, -0.05) is 34.1 Å². The summed E-state index contributed by atoms with van der Waals surface area (Å²) in [5.74, 6) is 1.63. The first kappa shape index (κ1) is 20.8. The Balaban J connectivity index is 1.55. The van der Waals surface area contributed by atoms with Crippen LogP contribution in [0.4, 0.5) is 0 Å². The van der Waals surface area contributed by atoms with Crippen LogP contribution in [0.1, 0.15) is 34.8 Å². The number of nitrogens with one attached hydrogen (secondary N) is 1. The van der Waals surface area contributed by atoms with Gasteiger partial charge in [-0.3, -0.25) is 9.97 Å². The Morgan fingerprint density at radius 3 is 2.56 bits per heavy atom. The van der Waals surface area contributed by atoms with Crippen LogP contribution in [-0.2, 0) is 6.54 Å². The van der Waals surface area contributed by atoms with Crippen molar-refractivity contribution in [1.29, 1.82) is 0 Å². The van der Waals surface area contributed by atoms with E-state index in [-0.39, 0.29) is 12.1 Å². The molecule has 5 nitrogen and oxygen atoms in total. The molecule has 5 rings (SSSR count). The molecule has 0 radical (unpaired) electrons. The van der Waals surface area contributed by atoms with Crippen molar-refractivity contribution >= 4 is 33.3 Å². The van der Waals surface area contributed by atoms with Crippen molar-refractivity contribution in [2.45, 2.75) is 25.6 Å². The lowest BCUT2D eigenvalue weighted by atomic mass is 10.0. The van der Waals surface area contributed by atoms with E-state index in [2.05, 4.69) is 61.2 Å². The molecule has 2 unspecified atom stereocenters. The molecule has 0 spiro atoms. The smallest absolute Gasteiger partial charge is 0.170 e. The lowest BCUT2D eigenvalue weighted by Crippen LogP contribution is -2.29. The second kappa shape index (κ2) is 8.84. The van der Waals surface area contributed by atoms with Gasteiger partial charge >= 0.3 is 0 Å². The minimum absolute atomic E-state index is 0.132. The summed E-state index contributed by atoms with van der Waals surface area (Å²) in [5, 5.41) is 4.11. The van der Waals surface area contributed by atoms with Crippen LogP contribution in [0.2, 0.25) is 0 Å². The van der Waals surface area contributed by atoms with E-state index in [1.165, 1.54) is 5.56 Å². The molecule has 1 aliphatic heterocycles. The first-order valence-electron chi connectivity index (χ1n) is 10.3. The molecule has 0 saturated carbocycles. The lowest BCUT2D eigenvalue weighted by Gasteiger charge is -2.25. The summed E-state index contributed by atoms with van der Waals surface area (Å²) in [5.41, 5.74) is 4.06. The molecule has 0 amide bonds. The van der Waals surface area contributed by atoms with Gasteiger partial charge in [0.05, 0.1) is 24.0 Å². The summed E-state index contributed by atoms with van der Waals surface area (Å²) in [6.45, 7) is 2.64. The van der Waals surface area contributed by atoms with E-state index in [4.69, 9.17) is 16.6 Å². The second-order valence-corrected chi connectivity index (χ2v) is 9.00. The van der Waals surface area contributed by atoms with Crippen LogP contribution in [0.5, 0.6) is 0 Å². The Kier molecular flexibility index (Phi) is 5.76. The molecule has 0 bridgehead atoms. The molecule has 1 aromatic carbocycles. The Morgan fingerprint density at radius 1 is 1.03 bits per heavy atom. The molecule has 32 heavy (non-hydrogen) atoms. The van der Waals surface area contributed by atoms with Crippen molar-refractivity contribution in [3.63, 3.8) is 0 Å². The van der Waals surface area contributed by atoms with Gasteiger partial charge in [0.2, 0.25) is 0 Å². The van der Waals surface area contributed by atoms with Crippen LogP contribution < -0.4 is 5.32 Å². The third-order valence-electron chi connectivity index (χ3n) is 5.56. The number of benzene rings is 1. The zero-order valence-electron chi connectivity index (χ0n) is 17.4. The monoisotopic (exact) mass is 504 g/mol. The molecule has 4 aromatic rings. The highest BCUT2D eigenvalue weighted by Gasteiger charge is 2.41. The lowest BCUT2D eigenvalue weighted by molar-refractivity contribution is 0.267. The fraction of sp³-hybridized carbons (Fsp3) is 0.160. The third kappa shape index (κ3) is 4.06. The van der Waals surface area contributed by atoms with Gasteiger partial charge in [0, 0.05) is 22.4 Å². The van der Waals surface area contributed by atoms with Crippen molar-refractivity contribution in [1.82, 2.24) is 20.2 Å². The fourth-order valence-electron chi connectivity index (χ4n) is 4.03. The summed E-state index contributed by atoms with van der Waals surface area (Å²) in [7, 11) is 0. The summed E-state index contributed by atoms with van der Waals surface area (Å²) in [6, 6.07) is 21.8. The maximum atomic E-state index is 6.42. The van der Waals surface area contributed by atoms with Crippen molar-refractivity contribution in [3.05, 3.63) is 106 Å². The van der Waals surface area contributed by atoms with Crippen molar-refractivity contribution in [3.8, 4) is 11.3 Å². The number of aryl methyl sites for hydroxylation is 1. The zero-order valence-corrected chi connectivity index (χ0v) is 19.8. The van der Waals surface area contributed by atoms with E-state index >= 15 is 0 Å². The highest BCUT2D eigenvalue weighted by Crippen LogP contribution is 2.41. The fourth-order valence-corrected chi connectivity index (χ4v) is 5.02. The number of halogens is 1. The zero-order chi connectivity index (χ0) is 22.1. The predicted molar refractivity (Wildman–Crippen MR) is 132 cm³/mol. The molecule has 4 heterocycles. The molecule has 3 aromatic heterocycles. The molecule has 2 atom stereocenters. The molecule has 1 fully saturated rings. The second-order valence-electron chi connectivity index (χ2n) is 7.76. The molecule has 0 aliphatic carbocycles. The third-order valence-corrected chi connectivity index (χ3v) is 6.57. The van der Waals surface area contributed by atoms with E-state index in [0.717, 1.165) is 32.9 Å². The molecule has 7 heteroatoms. The molecule has 1 saturated heterocycles. The number of furan rings is 1. The average Bonchev–Trinajstić information content (AvgIpc) is 3.40. The number of thiocarbonyl (C=S) groups is 1. The Bertz CT molecular complexity index is 1250. The number of hydrogen-bond acceptors (Lipinski definition) is 4. The normalized spacial score (nSPS) is 18.1. The van der Waals surface area contributed by atoms with Gasteiger partial charge in [-0.15, -0.1) is 0 Å². The van der Waals surface area contributed by atoms with E-state index in [9.17, 15) is 0 Å². The summed E-state index contributed by atoms with van der Waals surface area (Å²) < 4.78 is 7.43. The van der Waals surface area contributed by atoms with Crippen LogP contribution in [0.25, 0.3) is 11.3 Å². The molecular formula is C25H21BrN4OS. The largest absolute Gasteiger partial charge is 0.459 e. The summed E-state index contributed by atoms with van der Waals surface area (Å²) in [6.07, 6.45) is 3.60. The highest BCUT2D eigenvalue weighted by molar-refractivity contribution is 9.10. The van der Waals surface area contributed by atoms with Gasteiger partial charge in [-0.25, -0.2) is 0 Å². The van der Waals surface area contributed by atoms with Crippen LogP contribution in [0.3, 0.4) is 0 Å². The van der Waals surface area contributed by atoms with E-state index in [1.807, 2.05) is 48.5 Å². The Hall–Kier alpha value is -3.03. The van der Waals surface area contributed by atoms with Crippen LogP contribution in [0.15, 0.2) is 88.0 Å². The highest BCUT2D eigenvalue weighted by atomic mass is 79.9. The Morgan fingerprint density at radius 2 is 1.84 bits per heavy atom. The van der Waals surface area contributed by atoms with Gasteiger partial charge in [0.1, 0.15) is 17.6 Å². The predicted octanol–water partition coefficient (Wildman–Crippen LogP) is 5.98. The number of pyridine rings is 2. The number of rotatable bonds is 5. The first-order valence-corrected chi connectivity index (χ1v) is 11.5. The summed E-state index contributed by atoms with van der Waals surface area (Å²) >= 11 is 9.41. The maximum Gasteiger partial charge on any atom is 0.170 e. The van der Waals surface area contributed by atoms with E-state index < -0.39 is 0 Å². The van der Waals surface area contributed by atoms with E-state index in [1.54, 1.807) is 12.4 Å². The number of nitrogens with zero attached hydrogens (tertiary/aromatic N) is 3. The van der Waals surface area contributed by atoms with Gasteiger partial charge in [0.25, 0.3) is 0 Å². The van der Waals surface area contributed by atoms with Crippen molar-refractivity contribution < 1.29 is 4.42 Å². The van der Waals surface area contributed by atoms with Crippen LogP contribution in [0, 0.1) is 6.92 Å². The molecule has 1 N–H and O–H groups in total. The molecule has 160 valence electrons. The van der Waals surface area contributed by atoms with Gasteiger partial charge < -0.3 is 14.6 Å². The van der Waals surface area contributed by atoms with E-state index in [0.29, 0.717) is 11.7 Å².